The van der Waals surface area contributed by atoms with Crippen LogP contribution in [0.1, 0.15) is 54.4 Å². The first-order chi connectivity index (χ1) is 11.6. The van der Waals surface area contributed by atoms with Crippen molar-refractivity contribution in [1.29, 1.82) is 0 Å². The zero-order valence-electron chi connectivity index (χ0n) is 13.6. The van der Waals surface area contributed by atoms with Crippen molar-refractivity contribution in [3.05, 3.63) is 39.9 Å². The third-order valence-electron chi connectivity index (χ3n) is 6.81. The number of hydrogen-bond acceptors (Lipinski definition) is 2. The van der Waals surface area contributed by atoms with Crippen LogP contribution in [-0.4, -0.2) is 11.4 Å². The Balaban J connectivity index is 1.79. The highest BCUT2D eigenvalue weighted by Gasteiger charge is 2.52. The van der Waals surface area contributed by atoms with Crippen LogP contribution in [0.25, 0.3) is 10.8 Å². The summed E-state index contributed by atoms with van der Waals surface area (Å²) in [4.78, 5) is 11.8. The molecular weight excluding hydrogens is 364 g/mol. The third-order valence-corrected chi connectivity index (χ3v) is 7.45. The number of aromatic hydroxyl groups is 1. The summed E-state index contributed by atoms with van der Waals surface area (Å²) in [5, 5.41) is 12.4. The summed E-state index contributed by atoms with van der Waals surface area (Å²) in [7, 11) is 0. The molecule has 1 N–H and O–H groups in total. The van der Waals surface area contributed by atoms with Gasteiger partial charge in [-0.05, 0) is 106 Å². The molecule has 0 aromatic heterocycles. The van der Waals surface area contributed by atoms with Crippen molar-refractivity contribution >= 4 is 33.0 Å². The van der Waals surface area contributed by atoms with Gasteiger partial charge in [0.05, 0.1) is 4.47 Å². The van der Waals surface area contributed by atoms with Gasteiger partial charge in [0, 0.05) is 5.56 Å². The smallest absolute Gasteiger partial charge is 0.150 e. The zero-order valence-corrected chi connectivity index (χ0v) is 15.2. The Morgan fingerprint density at radius 3 is 2.25 bits per heavy atom. The van der Waals surface area contributed by atoms with Crippen molar-refractivity contribution < 1.29 is 9.90 Å². The molecule has 0 saturated heterocycles. The van der Waals surface area contributed by atoms with Crippen LogP contribution in [0.3, 0.4) is 0 Å². The lowest BCUT2D eigenvalue weighted by atomic mass is 9.47. The molecule has 2 aromatic rings. The highest BCUT2D eigenvalue weighted by atomic mass is 79.9. The van der Waals surface area contributed by atoms with Crippen LogP contribution in [0.5, 0.6) is 5.75 Å². The molecule has 124 valence electrons. The van der Waals surface area contributed by atoms with Crippen LogP contribution in [0, 0.1) is 17.8 Å². The lowest BCUT2D eigenvalue weighted by molar-refractivity contribution is -0.00473. The molecule has 0 radical (unpaired) electrons. The fourth-order valence-corrected chi connectivity index (χ4v) is 6.82. The van der Waals surface area contributed by atoms with Crippen LogP contribution in [-0.2, 0) is 5.41 Å². The number of phenolic OH excluding ortho intramolecular Hbond substituents is 1. The third kappa shape index (κ3) is 2.03. The van der Waals surface area contributed by atoms with Crippen LogP contribution in [0.15, 0.2) is 28.7 Å². The number of benzene rings is 2. The predicted molar refractivity (Wildman–Crippen MR) is 98.6 cm³/mol. The zero-order chi connectivity index (χ0) is 16.5. The SMILES string of the molecule is O=Cc1ccc2cc(Br)c(O)cc2c1C12CC3CC(CC(C3)C1)C2. The molecule has 2 nitrogen and oxygen atoms in total. The molecule has 0 atom stereocenters. The number of phenols is 1. The van der Waals surface area contributed by atoms with Gasteiger partial charge in [-0.3, -0.25) is 4.79 Å². The first-order valence-corrected chi connectivity index (χ1v) is 9.78. The molecule has 3 heteroatoms. The van der Waals surface area contributed by atoms with E-state index < -0.39 is 0 Å². The average molecular weight is 385 g/mol. The van der Waals surface area contributed by atoms with E-state index in [2.05, 4.69) is 15.9 Å². The van der Waals surface area contributed by atoms with E-state index in [-0.39, 0.29) is 11.2 Å². The van der Waals surface area contributed by atoms with Gasteiger partial charge in [0.1, 0.15) is 12.0 Å². The van der Waals surface area contributed by atoms with Crippen LogP contribution < -0.4 is 0 Å². The second kappa shape index (κ2) is 5.08. The second-order valence-corrected chi connectivity index (χ2v) is 9.22. The van der Waals surface area contributed by atoms with E-state index in [0.29, 0.717) is 4.47 Å². The first-order valence-electron chi connectivity index (χ1n) is 8.99. The Labute approximate surface area is 150 Å². The van der Waals surface area contributed by atoms with E-state index in [1.165, 1.54) is 44.1 Å². The molecule has 0 aliphatic heterocycles. The number of rotatable bonds is 2. The molecule has 4 fully saturated rings. The normalized spacial score (nSPS) is 34.0. The van der Waals surface area contributed by atoms with Gasteiger partial charge in [0.15, 0.2) is 0 Å². The highest BCUT2D eigenvalue weighted by Crippen LogP contribution is 2.62. The lowest BCUT2D eigenvalue weighted by Gasteiger charge is -2.57. The minimum atomic E-state index is 0.144. The summed E-state index contributed by atoms with van der Waals surface area (Å²) in [6.07, 6.45) is 8.83. The summed E-state index contributed by atoms with van der Waals surface area (Å²) < 4.78 is 0.713. The molecule has 6 rings (SSSR count). The predicted octanol–water partition coefficient (Wildman–Crippen LogP) is 5.59. The topological polar surface area (TPSA) is 37.3 Å². The van der Waals surface area contributed by atoms with Crippen molar-refractivity contribution in [2.45, 2.75) is 43.9 Å². The summed E-state index contributed by atoms with van der Waals surface area (Å²) >= 11 is 3.42. The van der Waals surface area contributed by atoms with Gasteiger partial charge in [-0.2, -0.15) is 0 Å². The van der Waals surface area contributed by atoms with Crippen LogP contribution in [0.2, 0.25) is 0 Å². The quantitative estimate of drug-likeness (QED) is 0.685. The highest BCUT2D eigenvalue weighted by molar-refractivity contribution is 9.10. The Kier molecular flexibility index (Phi) is 3.16. The van der Waals surface area contributed by atoms with Gasteiger partial charge in [-0.15, -0.1) is 0 Å². The van der Waals surface area contributed by atoms with Crippen LogP contribution in [0.4, 0.5) is 0 Å². The Hall–Kier alpha value is -1.35. The van der Waals surface area contributed by atoms with E-state index in [4.69, 9.17) is 0 Å². The van der Waals surface area contributed by atoms with Crippen molar-refractivity contribution in [3.8, 4) is 5.75 Å². The Morgan fingerprint density at radius 1 is 1.04 bits per heavy atom. The summed E-state index contributed by atoms with van der Waals surface area (Å²) in [6, 6.07) is 7.82. The summed E-state index contributed by atoms with van der Waals surface area (Å²) in [5.41, 5.74) is 2.19. The molecule has 4 aliphatic carbocycles. The van der Waals surface area contributed by atoms with Gasteiger partial charge < -0.3 is 5.11 Å². The van der Waals surface area contributed by atoms with Crippen molar-refractivity contribution in [1.82, 2.24) is 0 Å². The summed E-state index contributed by atoms with van der Waals surface area (Å²) in [6.45, 7) is 0. The molecule has 24 heavy (non-hydrogen) atoms. The fraction of sp³-hybridized carbons (Fsp3) is 0.476. The monoisotopic (exact) mass is 384 g/mol. The standard InChI is InChI=1S/C21H21BrO2/c22-18-6-15-1-2-16(11-23)20(17(15)7-19(18)24)21-8-12-3-13(9-21)5-14(4-12)10-21/h1-2,6-7,11-14,24H,3-5,8-10H2. The Bertz CT molecular complexity index is 819. The molecule has 4 saturated carbocycles. The average Bonchev–Trinajstić information content (AvgIpc) is 2.53. The van der Waals surface area contributed by atoms with Gasteiger partial charge in [0.25, 0.3) is 0 Å². The van der Waals surface area contributed by atoms with E-state index in [9.17, 15) is 9.90 Å². The molecule has 0 unspecified atom stereocenters. The second-order valence-electron chi connectivity index (χ2n) is 8.37. The minimum Gasteiger partial charge on any atom is -0.507 e. The maximum Gasteiger partial charge on any atom is 0.150 e. The number of carbonyl (C=O) groups is 1. The molecule has 2 aromatic carbocycles. The molecule has 0 spiro atoms. The molecule has 0 heterocycles. The lowest BCUT2D eigenvalue weighted by Crippen LogP contribution is -2.49. The summed E-state index contributed by atoms with van der Waals surface area (Å²) in [5.74, 6) is 2.75. The number of halogens is 1. The van der Waals surface area contributed by atoms with Crippen molar-refractivity contribution in [3.63, 3.8) is 0 Å². The van der Waals surface area contributed by atoms with E-state index in [0.717, 1.165) is 40.4 Å². The molecule has 4 bridgehead atoms. The van der Waals surface area contributed by atoms with Gasteiger partial charge in [-0.25, -0.2) is 0 Å². The van der Waals surface area contributed by atoms with Gasteiger partial charge in [0.2, 0.25) is 0 Å². The van der Waals surface area contributed by atoms with Crippen LogP contribution >= 0.6 is 15.9 Å². The molecular formula is C21H21BrO2. The van der Waals surface area contributed by atoms with Gasteiger partial charge >= 0.3 is 0 Å². The number of fused-ring (bicyclic) bond motifs is 1. The first kappa shape index (κ1) is 14.9. The number of aldehydes is 1. The van der Waals surface area contributed by atoms with Crippen molar-refractivity contribution in [2.24, 2.45) is 17.8 Å². The van der Waals surface area contributed by atoms with Gasteiger partial charge in [-0.1, -0.05) is 12.1 Å². The largest absolute Gasteiger partial charge is 0.507 e. The maximum atomic E-state index is 11.8. The van der Waals surface area contributed by atoms with E-state index in [1.807, 2.05) is 24.3 Å². The molecule has 0 amide bonds. The van der Waals surface area contributed by atoms with E-state index in [1.54, 1.807) is 0 Å². The maximum absolute atomic E-state index is 11.8. The van der Waals surface area contributed by atoms with Crippen molar-refractivity contribution in [2.75, 3.05) is 0 Å². The number of hydrogen-bond donors (Lipinski definition) is 1. The fourth-order valence-electron chi connectivity index (χ4n) is 6.46. The van der Waals surface area contributed by atoms with E-state index >= 15 is 0 Å². The Morgan fingerprint density at radius 2 is 1.67 bits per heavy atom. The minimum absolute atomic E-state index is 0.144. The molecule has 4 aliphatic rings. The number of carbonyl (C=O) groups excluding carboxylic acids is 1.